The van der Waals surface area contributed by atoms with Gasteiger partial charge in [0.25, 0.3) is 0 Å². The van der Waals surface area contributed by atoms with Gasteiger partial charge in [-0.25, -0.2) is 0 Å². The number of rotatable bonds is 6. The van der Waals surface area contributed by atoms with Crippen molar-refractivity contribution in [2.75, 3.05) is 12.5 Å². The Bertz CT molecular complexity index is 578. The van der Waals surface area contributed by atoms with E-state index in [0.717, 1.165) is 34.3 Å². The first-order valence-corrected chi connectivity index (χ1v) is 7.54. The zero-order valence-corrected chi connectivity index (χ0v) is 13.0. The third-order valence-corrected chi connectivity index (χ3v) is 3.30. The average molecular weight is 293 g/mol. The molecule has 2 nitrogen and oxygen atoms in total. The SMILES string of the molecule is Cc1cc(OCCCCl)c2ccccc2c1OC(C)C. The zero-order chi connectivity index (χ0) is 14.5. The van der Waals surface area contributed by atoms with Crippen molar-refractivity contribution in [1.82, 2.24) is 0 Å². The molecule has 3 heteroatoms. The molecule has 108 valence electrons. The highest BCUT2D eigenvalue weighted by molar-refractivity contribution is 6.17. The molecule has 2 aromatic rings. The smallest absolute Gasteiger partial charge is 0.130 e. The van der Waals surface area contributed by atoms with Gasteiger partial charge in [0.15, 0.2) is 0 Å². The molecule has 0 heterocycles. The van der Waals surface area contributed by atoms with Crippen LogP contribution in [0.15, 0.2) is 30.3 Å². The Kier molecular flexibility index (Phi) is 5.13. The van der Waals surface area contributed by atoms with Gasteiger partial charge in [0.1, 0.15) is 11.5 Å². The second-order valence-electron chi connectivity index (χ2n) is 5.12. The first-order chi connectivity index (χ1) is 9.63. The Balaban J connectivity index is 2.45. The van der Waals surface area contributed by atoms with E-state index in [0.29, 0.717) is 12.5 Å². The molecule has 0 spiro atoms. The van der Waals surface area contributed by atoms with Crippen LogP contribution in [0.4, 0.5) is 0 Å². The summed E-state index contributed by atoms with van der Waals surface area (Å²) in [5.74, 6) is 2.46. The standard InChI is InChI=1S/C17H21ClO2/c1-12(2)20-17-13(3)11-16(19-10-6-9-18)14-7-4-5-8-15(14)17/h4-5,7-8,11-12H,6,9-10H2,1-3H3. The van der Waals surface area contributed by atoms with Crippen LogP contribution in [0.1, 0.15) is 25.8 Å². The number of ether oxygens (including phenoxy) is 2. The number of alkyl halides is 1. The Morgan fingerprint density at radius 1 is 1.15 bits per heavy atom. The second-order valence-corrected chi connectivity index (χ2v) is 5.50. The summed E-state index contributed by atoms with van der Waals surface area (Å²) in [5, 5.41) is 2.19. The number of hydrogen-bond acceptors (Lipinski definition) is 2. The van der Waals surface area contributed by atoms with E-state index in [2.05, 4.69) is 19.1 Å². The summed E-state index contributed by atoms with van der Waals surface area (Å²) in [5.41, 5.74) is 1.10. The van der Waals surface area contributed by atoms with Crippen LogP contribution in [0.25, 0.3) is 10.8 Å². The van der Waals surface area contributed by atoms with Gasteiger partial charge in [-0.15, -0.1) is 11.6 Å². The van der Waals surface area contributed by atoms with E-state index in [1.54, 1.807) is 0 Å². The van der Waals surface area contributed by atoms with Crippen molar-refractivity contribution in [2.45, 2.75) is 33.3 Å². The summed E-state index contributed by atoms with van der Waals surface area (Å²) in [6, 6.07) is 10.2. The lowest BCUT2D eigenvalue weighted by atomic mass is 10.0. The van der Waals surface area contributed by atoms with Gasteiger partial charge in [0.05, 0.1) is 12.7 Å². The van der Waals surface area contributed by atoms with Gasteiger partial charge < -0.3 is 9.47 Å². The summed E-state index contributed by atoms with van der Waals surface area (Å²) in [6.07, 6.45) is 0.999. The van der Waals surface area contributed by atoms with Crippen molar-refractivity contribution < 1.29 is 9.47 Å². The maximum Gasteiger partial charge on any atom is 0.130 e. The van der Waals surface area contributed by atoms with Crippen LogP contribution in [0.2, 0.25) is 0 Å². The molecule has 0 bridgehead atoms. The third kappa shape index (κ3) is 3.37. The predicted molar refractivity (Wildman–Crippen MR) is 85.3 cm³/mol. The van der Waals surface area contributed by atoms with Gasteiger partial charge >= 0.3 is 0 Å². The Labute approximate surface area is 125 Å². The first kappa shape index (κ1) is 15.0. The van der Waals surface area contributed by atoms with E-state index in [-0.39, 0.29) is 6.10 Å². The van der Waals surface area contributed by atoms with Crippen LogP contribution < -0.4 is 9.47 Å². The normalized spacial score (nSPS) is 11.1. The molecular weight excluding hydrogens is 272 g/mol. The van der Waals surface area contributed by atoms with Gasteiger partial charge in [0.2, 0.25) is 0 Å². The van der Waals surface area contributed by atoms with Crippen LogP contribution in [-0.2, 0) is 0 Å². The minimum atomic E-state index is 0.153. The monoisotopic (exact) mass is 292 g/mol. The molecule has 2 rings (SSSR count). The zero-order valence-electron chi connectivity index (χ0n) is 12.3. The highest BCUT2D eigenvalue weighted by Crippen LogP contribution is 2.37. The molecule has 0 N–H and O–H groups in total. The van der Waals surface area contributed by atoms with Gasteiger partial charge in [0, 0.05) is 16.7 Å². The highest BCUT2D eigenvalue weighted by Gasteiger charge is 2.12. The van der Waals surface area contributed by atoms with Gasteiger partial charge in [-0.3, -0.25) is 0 Å². The molecule has 2 aromatic carbocycles. The molecule has 0 aliphatic carbocycles. The largest absolute Gasteiger partial charge is 0.493 e. The topological polar surface area (TPSA) is 18.5 Å². The minimum Gasteiger partial charge on any atom is -0.493 e. The lowest BCUT2D eigenvalue weighted by Gasteiger charge is -2.18. The molecule has 0 fully saturated rings. The van der Waals surface area contributed by atoms with Crippen molar-refractivity contribution in [1.29, 1.82) is 0 Å². The van der Waals surface area contributed by atoms with Crippen LogP contribution in [0, 0.1) is 6.92 Å². The van der Waals surface area contributed by atoms with Crippen molar-refractivity contribution in [3.8, 4) is 11.5 Å². The number of halogens is 1. The Morgan fingerprint density at radius 3 is 2.50 bits per heavy atom. The molecule has 0 radical (unpaired) electrons. The Hall–Kier alpha value is -1.41. The van der Waals surface area contributed by atoms with E-state index >= 15 is 0 Å². The lowest BCUT2D eigenvalue weighted by molar-refractivity contribution is 0.243. The molecule has 0 atom stereocenters. The summed E-state index contributed by atoms with van der Waals surface area (Å²) in [7, 11) is 0. The van der Waals surface area contributed by atoms with Crippen LogP contribution in [-0.4, -0.2) is 18.6 Å². The van der Waals surface area contributed by atoms with Crippen LogP contribution in [0.5, 0.6) is 11.5 Å². The lowest BCUT2D eigenvalue weighted by Crippen LogP contribution is -2.08. The molecule has 0 aromatic heterocycles. The van der Waals surface area contributed by atoms with Gasteiger partial charge in [-0.1, -0.05) is 24.3 Å². The van der Waals surface area contributed by atoms with E-state index in [4.69, 9.17) is 21.1 Å². The van der Waals surface area contributed by atoms with Crippen molar-refractivity contribution in [2.24, 2.45) is 0 Å². The fraction of sp³-hybridized carbons (Fsp3) is 0.412. The maximum atomic E-state index is 5.96. The molecule has 0 amide bonds. The Morgan fingerprint density at radius 2 is 1.85 bits per heavy atom. The average Bonchev–Trinajstić information content (AvgIpc) is 2.43. The quantitative estimate of drug-likeness (QED) is 0.554. The molecule has 0 saturated carbocycles. The second kappa shape index (κ2) is 6.85. The minimum absolute atomic E-state index is 0.153. The summed E-state index contributed by atoms with van der Waals surface area (Å²) < 4.78 is 11.8. The summed E-state index contributed by atoms with van der Waals surface area (Å²) >= 11 is 5.70. The number of aryl methyl sites for hydroxylation is 1. The summed E-state index contributed by atoms with van der Waals surface area (Å²) in [6.45, 7) is 6.77. The van der Waals surface area contributed by atoms with Crippen molar-refractivity contribution in [3.05, 3.63) is 35.9 Å². The molecule has 0 saturated heterocycles. The molecule has 0 unspecified atom stereocenters. The van der Waals surface area contributed by atoms with Gasteiger partial charge in [-0.05, 0) is 38.8 Å². The maximum absolute atomic E-state index is 5.96. The summed E-state index contributed by atoms with van der Waals surface area (Å²) in [4.78, 5) is 0. The van der Waals surface area contributed by atoms with E-state index in [1.807, 2.05) is 32.0 Å². The van der Waals surface area contributed by atoms with E-state index in [1.165, 1.54) is 0 Å². The fourth-order valence-corrected chi connectivity index (χ4v) is 2.31. The van der Waals surface area contributed by atoms with E-state index in [9.17, 15) is 0 Å². The molecule has 20 heavy (non-hydrogen) atoms. The molecular formula is C17H21ClO2. The van der Waals surface area contributed by atoms with E-state index < -0.39 is 0 Å². The van der Waals surface area contributed by atoms with Crippen molar-refractivity contribution >= 4 is 22.4 Å². The third-order valence-electron chi connectivity index (χ3n) is 3.03. The van der Waals surface area contributed by atoms with Gasteiger partial charge in [-0.2, -0.15) is 0 Å². The number of fused-ring (bicyclic) bond motifs is 1. The first-order valence-electron chi connectivity index (χ1n) is 7.01. The van der Waals surface area contributed by atoms with Crippen LogP contribution in [0.3, 0.4) is 0 Å². The predicted octanol–water partition coefficient (Wildman–Crippen LogP) is 4.94. The number of benzene rings is 2. The number of hydrogen-bond donors (Lipinski definition) is 0. The van der Waals surface area contributed by atoms with Crippen LogP contribution >= 0.6 is 11.6 Å². The fourth-order valence-electron chi connectivity index (χ4n) is 2.20. The van der Waals surface area contributed by atoms with Crippen molar-refractivity contribution in [3.63, 3.8) is 0 Å². The highest BCUT2D eigenvalue weighted by atomic mass is 35.5. The molecule has 0 aliphatic heterocycles. The molecule has 0 aliphatic rings.